The van der Waals surface area contributed by atoms with Gasteiger partial charge in [-0.1, -0.05) is 45.0 Å². The van der Waals surface area contributed by atoms with Crippen LogP contribution in [0, 0.1) is 0 Å². The minimum Gasteiger partial charge on any atom is -0.350 e. The fourth-order valence-electron chi connectivity index (χ4n) is 3.71. The van der Waals surface area contributed by atoms with Crippen LogP contribution in [0.5, 0.6) is 0 Å². The van der Waals surface area contributed by atoms with Crippen LogP contribution in [0.4, 0.5) is 5.82 Å². The molecule has 27 heavy (non-hydrogen) atoms. The topological polar surface area (TPSA) is 63.9 Å². The van der Waals surface area contributed by atoms with Gasteiger partial charge in [-0.15, -0.1) is 5.10 Å². The Morgan fingerprint density at radius 2 is 1.96 bits per heavy atom. The number of rotatable bonds is 3. The Balaban J connectivity index is 1.68. The molecule has 3 aromatic rings. The van der Waals surface area contributed by atoms with Crippen molar-refractivity contribution in [2.24, 2.45) is 0 Å². The van der Waals surface area contributed by atoms with Gasteiger partial charge in [0.1, 0.15) is 0 Å². The first kappa shape index (κ1) is 17.6. The summed E-state index contributed by atoms with van der Waals surface area (Å²) in [5.41, 5.74) is 0.779. The maximum absolute atomic E-state index is 12.4. The third-order valence-corrected chi connectivity index (χ3v) is 5.22. The molecule has 1 aliphatic heterocycles. The van der Waals surface area contributed by atoms with E-state index in [9.17, 15) is 4.79 Å². The molecule has 1 aliphatic rings. The Kier molecular flexibility index (Phi) is 4.42. The van der Waals surface area contributed by atoms with Crippen molar-refractivity contribution < 1.29 is 0 Å². The Morgan fingerprint density at radius 1 is 1.15 bits per heavy atom. The van der Waals surface area contributed by atoms with Gasteiger partial charge in [0.25, 0.3) is 5.56 Å². The summed E-state index contributed by atoms with van der Waals surface area (Å²) in [6.45, 7) is 7.81. The highest BCUT2D eigenvalue weighted by molar-refractivity contribution is 5.91. The van der Waals surface area contributed by atoms with Crippen LogP contribution in [-0.4, -0.2) is 32.6 Å². The van der Waals surface area contributed by atoms with Crippen molar-refractivity contribution in [1.82, 2.24) is 20.0 Å². The molecule has 0 aliphatic carbocycles. The number of anilines is 1. The molecule has 0 bridgehead atoms. The van der Waals surface area contributed by atoms with Crippen molar-refractivity contribution >= 4 is 16.6 Å². The third kappa shape index (κ3) is 3.44. The lowest BCUT2D eigenvalue weighted by Gasteiger charge is -2.27. The molecule has 1 fully saturated rings. The molecule has 6 heteroatoms. The molecular weight excluding hydrogens is 338 g/mol. The lowest BCUT2D eigenvalue weighted by atomic mass is 9.92. The Labute approximate surface area is 158 Å². The van der Waals surface area contributed by atoms with E-state index in [-0.39, 0.29) is 17.0 Å². The zero-order valence-electron chi connectivity index (χ0n) is 16.1. The van der Waals surface area contributed by atoms with Gasteiger partial charge in [0.2, 0.25) is 0 Å². The van der Waals surface area contributed by atoms with Gasteiger partial charge in [-0.05, 0) is 18.9 Å². The zero-order chi connectivity index (χ0) is 19.0. The van der Waals surface area contributed by atoms with Crippen LogP contribution in [-0.2, 0) is 12.0 Å². The number of hydrogen-bond donors (Lipinski definition) is 0. The van der Waals surface area contributed by atoms with Gasteiger partial charge in [0.15, 0.2) is 5.82 Å². The highest BCUT2D eigenvalue weighted by Gasteiger charge is 2.28. The van der Waals surface area contributed by atoms with E-state index in [2.05, 4.69) is 53.1 Å². The molecular formula is C21H25N5O. The van der Waals surface area contributed by atoms with E-state index in [1.807, 2.05) is 18.2 Å². The molecule has 0 spiro atoms. The molecule has 1 aromatic carbocycles. The summed E-state index contributed by atoms with van der Waals surface area (Å²) < 4.78 is 1.61. The first-order chi connectivity index (χ1) is 12.9. The second kappa shape index (κ2) is 6.76. The summed E-state index contributed by atoms with van der Waals surface area (Å²) in [7, 11) is 0. The second-order valence-electron chi connectivity index (χ2n) is 8.23. The van der Waals surface area contributed by atoms with Crippen molar-refractivity contribution in [2.75, 3.05) is 11.4 Å². The summed E-state index contributed by atoms with van der Waals surface area (Å²) in [5, 5.41) is 15.4. The molecule has 0 radical (unpaired) electrons. The molecule has 1 saturated heterocycles. The van der Waals surface area contributed by atoms with E-state index >= 15 is 0 Å². The van der Waals surface area contributed by atoms with Crippen molar-refractivity contribution in [3.05, 3.63) is 58.6 Å². The Morgan fingerprint density at radius 3 is 2.78 bits per heavy atom. The standard InChI is InChI=1S/C21H25N5O/c1-21(2,3)18-10-11-19(27)26(24-18)14-16-8-6-12-25(16)20-17-9-5-4-7-15(17)13-22-23-20/h4-5,7,9-11,13,16H,6,8,12,14H2,1-3H3. The first-order valence-electron chi connectivity index (χ1n) is 9.49. The predicted octanol–water partition coefficient (Wildman–Crippen LogP) is 3.15. The Bertz CT molecular complexity index is 1020. The normalized spacial score (nSPS) is 17.6. The summed E-state index contributed by atoms with van der Waals surface area (Å²) in [6, 6.07) is 11.8. The van der Waals surface area contributed by atoms with Gasteiger partial charge in [-0.2, -0.15) is 10.2 Å². The van der Waals surface area contributed by atoms with E-state index in [1.54, 1.807) is 16.9 Å². The minimum absolute atomic E-state index is 0.0566. The van der Waals surface area contributed by atoms with Crippen LogP contribution < -0.4 is 10.5 Å². The third-order valence-electron chi connectivity index (χ3n) is 5.22. The summed E-state index contributed by atoms with van der Waals surface area (Å²) >= 11 is 0. The van der Waals surface area contributed by atoms with Gasteiger partial charge in [0, 0.05) is 28.8 Å². The fourth-order valence-corrected chi connectivity index (χ4v) is 3.71. The SMILES string of the molecule is CC(C)(C)c1ccc(=O)n(CC2CCCN2c2nncc3ccccc23)n1. The fraction of sp³-hybridized carbons (Fsp3) is 0.429. The van der Waals surface area contributed by atoms with E-state index in [0.717, 1.165) is 41.7 Å². The number of fused-ring (bicyclic) bond motifs is 1. The van der Waals surface area contributed by atoms with Crippen LogP contribution >= 0.6 is 0 Å². The molecule has 0 N–H and O–H groups in total. The van der Waals surface area contributed by atoms with E-state index < -0.39 is 0 Å². The monoisotopic (exact) mass is 363 g/mol. The summed E-state index contributed by atoms with van der Waals surface area (Å²) in [4.78, 5) is 14.7. The summed E-state index contributed by atoms with van der Waals surface area (Å²) in [6.07, 6.45) is 3.88. The largest absolute Gasteiger partial charge is 0.350 e. The van der Waals surface area contributed by atoms with Gasteiger partial charge in [-0.3, -0.25) is 4.79 Å². The quantitative estimate of drug-likeness (QED) is 0.715. The maximum atomic E-state index is 12.4. The average Bonchev–Trinajstić information content (AvgIpc) is 3.10. The van der Waals surface area contributed by atoms with Crippen LogP contribution in [0.3, 0.4) is 0 Å². The van der Waals surface area contributed by atoms with E-state index in [4.69, 9.17) is 0 Å². The van der Waals surface area contributed by atoms with Crippen LogP contribution in [0.1, 0.15) is 39.3 Å². The van der Waals surface area contributed by atoms with Crippen LogP contribution in [0.15, 0.2) is 47.4 Å². The van der Waals surface area contributed by atoms with Crippen molar-refractivity contribution in [3.63, 3.8) is 0 Å². The highest BCUT2D eigenvalue weighted by Crippen LogP contribution is 2.30. The van der Waals surface area contributed by atoms with Crippen molar-refractivity contribution in [2.45, 2.75) is 51.6 Å². The van der Waals surface area contributed by atoms with E-state index in [1.165, 1.54) is 0 Å². The van der Waals surface area contributed by atoms with Crippen LogP contribution in [0.2, 0.25) is 0 Å². The van der Waals surface area contributed by atoms with Gasteiger partial charge in [-0.25, -0.2) is 4.68 Å². The molecule has 3 heterocycles. The van der Waals surface area contributed by atoms with Gasteiger partial charge < -0.3 is 4.90 Å². The van der Waals surface area contributed by atoms with E-state index in [0.29, 0.717) is 6.54 Å². The smallest absolute Gasteiger partial charge is 0.266 e. The number of aromatic nitrogens is 4. The molecule has 4 rings (SSSR count). The lowest BCUT2D eigenvalue weighted by molar-refractivity contribution is 0.456. The Hall–Kier alpha value is -2.76. The first-order valence-corrected chi connectivity index (χ1v) is 9.49. The van der Waals surface area contributed by atoms with Crippen molar-refractivity contribution in [1.29, 1.82) is 0 Å². The van der Waals surface area contributed by atoms with Gasteiger partial charge >= 0.3 is 0 Å². The lowest BCUT2D eigenvalue weighted by Crippen LogP contribution is -2.38. The molecule has 0 saturated carbocycles. The molecule has 6 nitrogen and oxygen atoms in total. The minimum atomic E-state index is -0.0913. The van der Waals surface area contributed by atoms with Crippen molar-refractivity contribution in [3.8, 4) is 0 Å². The molecule has 1 unspecified atom stereocenters. The number of benzene rings is 1. The molecule has 140 valence electrons. The molecule has 0 amide bonds. The molecule has 1 atom stereocenters. The summed E-state index contributed by atoms with van der Waals surface area (Å²) in [5.74, 6) is 0.899. The zero-order valence-corrected chi connectivity index (χ0v) is 16.1. The van der Waals surface area contributed by atoms with Crippen LogP contribution in [0.25, 0.3) is 10.8 Å². The van der Waals surface area contributed by atoms with Gasteiger partial charge in [0.05, 0.1) is 24.5 Å². The average molecular weight is 363 g/mol. The second-order valence-corrected chi connectivity index (χ2v) is 8.23. The molecule has 2 aromatic heterocycles. The number of hydrogen-bond acceptors (Lipinski definition) is 5. The highest BCUT2D eigenvalue weighted by atomic mass is 16.1. The predicted molar refractivity (Wildman–Crippen MR) is 107 cm³/mol. The number of nitrogens with zero attached hydrogens (tertiary/aromatic N) is 5. The maximum Gasteiger partial charge on any atom is 0.266 e.